The van der Waals surface area contributed by atoms with E-state index in [1.165, 1.54) is 4.90 Å². The second-order valence-electron chi connectivity index (χ2n) is 4.62. The molecule has 0 N–H and O–H groups in total. The largest absolute Gasteiger partial charge is 0.282 e. The number of thioether (sulfide) groups is 1. The Hall–Kier alpha value is -1.88. The van der Waals surface area contributed by atoms with Crippen LogP contribution in [0.15, 0.2) is 41.4 Å². The number of amides is 2. The Morgan fingerprint density at radius 3 is 2.65 bits per heavy atom. The molecule has 0 aliphatic carbocycles. The molecule has 1 fully saturated rings. The van der Waals surface area contributed by atoms with Crippen LogP contribution in [0.5, 0.6) is 0 Å². The standard InChI is InChI=1S/C15H14N2O2S/c18-13-6-7-14(19)17(13)9-10-20-12-5-1-3-11-4-2-8-16-15(11)12/h1-5,8H,6-7,9-10H2. The summed E-state index contributed by atoms with van der Waals surface area (Å²) >= 11 is 1.63. The zero-order valence-electron chi connectivity index (χ0n) is 10.9. The van der Waals surface area contributed by atoms with Crippen LogP contribution in [-0.4, -0.2) is 34.0 Å². The number of rotatable bonds is 4. The van der Waals surface area contributed by atoms with Crippen LogP contribution in [0.1, 0.15) is 12.8 Å². The maximum Gasteiger partial charge on any atom is 0.229 e. The average molecular weight is 286 g/mol. The molecule has 2 aromatic rings. The lowest BCUT2D eigenvalue weighted by Crippen LogP contribution is -2.31. The number of carbonyl (C=O) groups is 2. The van der Waals surface area contributed by atoms with Crippen LogP contribution < -0.4 is 0 Å². The molecule has 1 aromatic heterocycles. The van der Waals surface area contributed by atoms with Crippen molar-refractivity contribution in [3.63, 3.8) is 0 Å². The maximum absolute atomic E-state index is 11.5. The fraction of sp³-hybridized carbons (Fsp3) is 0.267. The van der Waals surface area contributed by atoms with E-state index in [2.05, 4.69) is 4.98 Å². The minimum atomic E-state index is -0.0494. The molecule has 0 spiro atoms. The van der Waals surface area contributed by atoms with Crippen LogP contribution in [0.2, 0.25) is 0 Å². The van der Waals surface area contributed by atoms with Gasteiger partial charge in [0.05, 0.1) is 5.52 Å². The third-order valence-electron chi connectivity index (χ3n) is 3.32. The van der Waals surface area contributed by atoms with Gasteiger partial charge in [-0.2, -0.15) is 0 Å². The number of nitrogens with zero attached hydrogens (tertiary/aromatic N) is 2. The summed E-state index contributed by atoms with van der Waals surface area (Å²) in [7, 11) is 0. The quantitative estimate of drug-likeness (QED) is 0.640. The van der Waals surface area contributed by atoms with Gasteiger partial charge in [-0.05, 0) is 12.1 Å². The van der Waals surface area contributed by atoms with Crippen LogP contribution in [0.4, 0.5) is 0 Å². The van der Waals surface area contributed by atoms with Gasteiger partial charge in [0.2, 0.25) is 11.8 Å². The fourth-order valence-corrected chi connectivity index (χ4v) is 3.29. The van der Waals surface area contributed by atoms with Crippen LogP contribution >= 0.6 is 11.8 Å². The van der Waals surface area contributed by atoms with E-state index in [-0.39, 0.29) is 11.8 Å². The first-order valence-electron chi connectivity index (χ1n) is 6.55. The summed E-state index contributed by atoms with van der Waals surface area (Å²) in [4.78, 5) is 29.9. The monoisotopic (exact) mass is 286 g/mol. The summed E-state index contributed by atoms with van der Waals surface area (Å²) in [5, 5.41) is 1.10. The second-order valence-corrected chi connectivity index (χ2v) is 5.76. The summed E-state index contributed by atoms with van der Waals surface area (Å²) < 4.78 is 0. The third-order valence-corrected chi connectivity index (χ3v) is 4.35. The van der Waals surface area contributed by atoms with Gasteiger partial charge < -0.3 is 0 Å². The first-order valence-corrected chi connectivity index (χ1v) is 7.54. The Morgan fingerprint density at radius 2 is 1.85 bits per heavy atom. The van der Waals surface area contributed by atoms with E-state index in [1.807, 2.05) is 30.3 Å². The molecule has 4 nitrogen and oxygen atoms in total. The first-order chi connectivity index (χ1) is 9.75. The molecule has 0 radical (unpaired) electrons. The number of hydrogen-bond donors (Lipinski definition) is 0. The highest BCUT2D eigenvalue weighted by Gasteiger charge is 2.28. The molecular weight excluding hydrogens is 272 g/mol. The molecule has 1 saturated heterocycles. The minimum Gasteiger partial charge on any atom is -0.282 e. The highest BCUT2D eigenvalue weighted by Crippen LogP contribution is 2.26. The summed E-state index contributed by atoms with van der Waals surface area (Å²) in [5.74, 6) is 0.603. The van der Waals surface area contributed by atoms with Gasteiger partial charge in [-0.25, -0.2) is 0 Å². The number of para-hydroxylation sites is 1. The summed E-state index contributed by atoms with van der Waals surface area (Å²) in [5.41, 5.74) is 0.971. The van der Waals surface area contributed by atoms with E-state index in [0.29, 0.717) is 25.1 Å². The van der Waals surface area contributed by atoms with Gasteiger partial charge in [0.15, 0.2) is 0 Å². The number of imide groups is 1. The summed E-state index contributed by atoms with van der Waals surface area (Å²) in [6.07, 6.45) is 2.50. The Bertz CT molecular complexity index is 650. The van der Waals surface area contributed by atoms with Gasteiger partial charge in [-0.15, -0.1) is 11.8 Å². The summed E-state index contributed by atoms with van der Waals surface area (Å²) in [6.45, 7) is 0.478. The van der Waals surface area contributed by atoms with Gasteiger partial charge in [0, 0.05) is 41.6 Å². The molecule has 0 bridgehead atoms. The Morgan fingerprint density at radius 1 is 1.10 bits per heavy atom. The third kappa shape index (κ3) is 2.54. The highest BCUT2D eigenvalue weighted by atomic mass is 32.2. The molecule has 0 atom stereocenters. The van der Waals surface area contributed by atoms with Crippen LogP contribution in [0, 0.1) is 0 Å². The van der Waals surface area contributed by atoms with E-state index in [1.54, 1.807) is 18.0 Å². The summed E-state index contributed by atoms with van der Waals surface area (Å²) in [6, 6.07) is 9.99. The lowest BCUT2D eigenvalue weighted by atomic mass is 10.2. The molecule has 1 aromatic carbocycles. The van der Waals surface area contributed by atoms with Gasteiger partial charge in [-0.1, -0.05) is 18.2 Å². The topological polar surface area (TPSA) is 50.3 Å². The number of likely N-dealkylation sites (tertiary alicyclic amines) is 1. The van der Waals surface area contributed by atoms with E-state index >= 15 is 0 Å². The lowest BCUT2D eigenvalue weighted by Gasteiger charge is -2.13. The van der Waals surface area contributed by atoms with Crippen molar-refractivity contribution in [3.05, 3.63) is 36.5 Å². The van der Waals surface area contributed by atoms with Gasteiger partial charge in [0.1, 0.15) is 0 Å². The zero-order valence-corrected chi connectivity index (χ0v) is 11.7. The number of aromatic nitrogens is 1. The Labute approximate surface area is 121 Å². The number of benzene rings is 1. The molecule has 20 heavy (non-hydrogen) atoms. The van der Waals surface area contributed by atoms with Crippen LogP contribution in [-0.2, 0) is 9.59 Å². The molecule has 1 aliphatic rings. The number of fused-ring (bicyclic) bond motifs is 1. The first kappa shape index (κ1) is 13.1. The van der Waals surface area contributed by atoms with Crippen molar-refractivity contribution in [2.45, 2.75) is 17.7 Å². The van der Waals surface area contributed by atoms with Crippen molar-refractivity contribution in [1.29, 1.82) is 0 Å². The predicted octanol–water partition coefficient (Wildman–Crippen LogP) is 2.48. The molecule has 2 amide bonds. The van der Waals surface area contributed by atoms with Gasteiger partial charge in [-0.3, -0.25) is 19.5 Å². The minimum absolute atomic E-state index is 0.0494. The SMILES string of the molecule is O=C1CCC(=O)N1CCSc1cccc2cccnc12. The van der Waals surface area contributed by atoms with Gasteiger partial charge >= 0.3 is 0 Å². The predicted molar refractivity (Wildman–Crippen MR) is 78.4 cm³/mol. The van der Waals surface area contributed by atoms with E-state index < -0.39 is 0 Å². The molecule has 3 rings (SSSR count). The number of carbonyl (C=O) groups excluding carboxylic acids is 2. The van der Waals surface area contributed by atoms with Crippen molar-refractivity contribution in [2.75, 3.05) is 12.3 Å². The van der Waals surface area contributed by atoms with Gasteiger partial charge in [0.25, 0.3) is 0 Å². The Balaban J connectivity index is 1.68. The molecule has 2 heterocycles. The average Bonchev–Trinajstić information content (AvgIpc) is 2.79. The molecule has 102 valence electrons. The second kappa shape index (κ2) is 5.63. The Kier molecular flexibility index (Phi) is 3.69. The molecule has 1 aliphatic heterocycles. The fourth-order valence-electron chi connectivity index (χ4n) is 2.31. The van der Waals surface area contributed by atoms with Crippen molar-refractivity contribution in [1.82, 2.24) is 9.88 Å². The maximum atomic E-state index is 11.5. The molecule has 0 saturated carbocycles. The normalized spacial score (nSPS) is 15.3. The smallest absolute Gasteiger partial charge is 0.229 e. The van der Waals surface area contributed by atoms with E-state index in [9.17, 15) is 9.59 Å². The molecular formula is C15H14N2O2S. The van der Waals surface area contributed by atoms with Crippen LogP contribution in [0.3, 0.4) is 0 Å². The van der Waals surface area contributed by atoms with Crippen LogP contribution in [0.25, 0.3) is 10.9 Å². The zero-order chi connectivity index (χ0) is 13.9. The lowest BCUT2D eigenvalue weighted by molar-refractivity contribution is -0.137. The number of pyridine rings is 1. The highest BCUT2D eigenvalue weighted by molar-refractivity contribution is 7.99. The van der Waals surface area contributed by atoms with Crippen molar-refractivity contribution in [2.24, 2.45) is 0 Å². The molecule has 5 heteroatoms. The molecule has 0 unspecified atom stereocenters. The van der Waals surface area contributed by atoms with Crippen molar-refractivity contribution >= 4 is 34.5 Å². The van der Waals surface area contributed by atoms with Crippen molar-refractivity contribution in [3.8, 4) is 0 Å². The van der Waals surface area contributed by atoms with E-state index in [4.69, 9.17) is 0 Å². The van der Waals surface area contributed by atoms with Crippen molar-refractivity contribution < 1.29 is 9.59 Å². The van der Waals surface area contributed by atoms with E-state index in [0.717, 1.165) is 15.8 Å². The number of hydrogen-bond acceptors (Lipinski definition) is 4.